The zero-order chi connectivity index (χ0) is 30.4. The van der Waals surface area contributed by atoms with Crippen molar-refractivity contribution in [2.24, 2.45) is 0 Å². The molecule has 5 aromatic carbocycles. The van der Waals surface area contributed by atoms with E-state index in [9.17, 15) is 0 Å². The van der Waals surface area contributed by atoms with Gasteiger partial charge in [-0.2, -0.15) is 0 Å². The number of benzene rings is 5. The van der Waals surface area contributed by atoms with Crippen LogP contribution in [0.4, 0.5) is 0 Å². The third-order valence-corrected chi connectivity index (χ3v) is 11.4. The van der Waals surface area contributed by atoms with E-state index in [2.05, 4.69) is 146 Å². The molecule has 5 aliphatic rings. The highest BCUT2D eigenvalue weighted by atomic mass is 16.5. The standard InChI is InChI=1S/C44H36O2/c1-2-16-26-36-39-37(41(31-17-7-3-8-18-31)27-29-43(39,45-41)33-21-11-5-12-22-33)35(25-15-1)38-40(36)44(34-23-13-6-14-24-34)30-28-42(38,46-44)32-19-9-4-10-20-32/h3-14,17-24,27-30H,1-2,15-16,25-26H2/t41-,42+,43+,44-. The molecule has 46 heavy (non-hydrogen) atoms. The predicted octanol–water partition coefficient (Wildman–Crippen LogP) is 9.52. The highest BCUT2D eigenvalue weighted by molar-refractivity contribution is 5.76. The Kier molecular flexibility index (Phi) is 5.52. The smallest absolute Gasteiger partial charge is 0.139 e. The summed E-state index contributed by atoms with van der Waals surface area (Å²) in [7, 11) is 0. The van der Waals surface area contributed by atoms with Crippen LogP contribution in [0.2, 0.25) is 0 Å². The summed E-state index contributed by atoms with van der Waals surface area (Å²) >= 11 is 0. The van der Waals surface area contributed by atoms with Crippen LogP contribution in [0.25, 0.3) is 0 Å². The molecule has 0 saturated heterocycles. The second-order valence-corrected chi connectivity index (χ2v) is 13.6. The lowest BCUT2D eigenvalue weighted by Gasteiger charge is -2.36. The van der Waals surface area contributed by atoms with Crippen molar-refractivity contribution in [3.8, 4) is 0 Å². The third-order valence-electron chi connectivity index (χ3n) is 11.4. The van der Waals surface area contributed by atoms with Gasteiger partial charge in [0.05, 0.1) is 0 Å². The van der Waals surface area contributed by atoms with Crippen molar-refractivity contribution in [1.82, 2.24) is 0 Å². The van der Waals surface area contributed by atoms with E-state index in [0.717, 1.165) is 25.7 Å². The normalized spacial score (nSPS) is 29.7. The molecule has 2 nitrogen and oxygen atoms in total. The highest BCUT2D eigenvalue weighted by Gasteiger charge is 2.65. The highest BCUT2D eigenvalue weighted by Crippen LogP contribution is 2.68. The maximum Gasteiger partial charge on any atom is 0.139 e. The second kappa shape index (κ2) is 9.51. The van der Waals surface area contributed by atoms with Gasteiger partial charge in [0.2, 0.25) is 0 Å². The van der Waals surface area contributed by atoms with Gasteiger partial charge in [0.25, 0.3) is 0 Å². The van der Waals surface area contributed by atoms with Crippen molar-refractivity contribution < 1.29 is 9.47 Å². The van der Waals surface area contributed by atoms with Crippen LogP contribution >= 0.6 is 0 Å². The molecule has 0 amide bonds. The van der Waals surface area contributed by atoms with Gasteiger partial charge in [-0.3, -0.25) is 0 Å². The Hall–Kier alpha value is -4.50. The van der Waals surface area contributed by atoms with Gasteiger partial charge < -0.3 is 9.47 Å². The van der Waals surface area contributed by atoms with Crippen LogP contribution in [0.15, 0.2) is 146 Å². The van der Waals surface area contributed by atoms with Crippen molar-refractivity contribution >= 4 is 0 Å². The number of hydrogen-bond acceptors (Lipinski definition) is 2. The van der Waals surface area contributed by atoms with Gasteiger partial charge in [-0.1, -0.05) is 134 Å². The SMILES string of the molecule is C1=C[C@]2(c3ccccc3)O[C@@]1(c1ccccc1)c1c3c4c(c(c12)CCCCCC3)[C@@]1(c2ccccc2)C=C[C@]4(c2ccccc2)O1. The van der Waals surface area contributed by atoms with Gasteiger partial charge >= 0.3 is 0 Å². The Bertz CT molecular complexity index is 1760. The maximum absolute atomic E-state index is 7.66. The molecule has 0 N–H and O–H groups in total. The molecule has 224 valence electrons. The Balaban J connectivity index is 1.40. The molecule has 2 heteroatoms. The van der Waals surface area contributed by atoms with Crippen molar-refractivity contribution in [3.63, 3.8) is 0 Å². The molecular formula is C44H36O2. The van der Waals surface area contributed by atoms with Crippen LogP contribution < -0.4 is 0 Å². The molecule has 0 fully saturated rings. The van der Waals surface area contributed by atoms with E-state index >= 15 is 0 Å². The average molecular weight is 597 g/mol. The Labute approximate surface area is 271 Å². The van der Waals surface area contributed by atoms with Crippen LogP contribution in [-0.2, 0) is 44.7 Å². The second-order valence-electron chi connectivity index (χ2n) is 13.6. The van der Waals surface area contributed by atoms with Gasteiger partial charge in [-0.25, -0.2) is 0 Å². The first-order valence-electron chi connectivity index (χ1n) is 17.0. The molecule has 0 saturated carbocycles. The minimum absolute atomic E-state index is 0.673. The summed E-state index contributed by atoms with van der Waals surface area (Å²) in [4.78, 5) is 0. The van der Waals surface area contributed by atoms with E-state index in [-0.39, 0.29) is 0 Å². The number of hydrogen-bond donors (Lipinski definition) is 0. The van der Waals surface area contributed by atoms with Crippen LogP contribution in [-0.4, -0.2) is 0 Å². The van der Waals surface area contributed by atoms with Crippen molar-refractivity contribution in [2.45, 2.75) is 60.9 Å². The summed E-state index contributed by atoms with van der Waals surface area (Å²) in [6.45, 7) is 0. The largest absolute Gasteiger partial charge is 0.341 e. The first-order valence-corrected chi connectivity index (χ1v) is 17.0. The fraction of sp³-hybridized carbons (Fsp3) is 0.227. The van der Waals surface area contributed by atoms with Crippen molar-refractivity contribution in [3.05, 3.63) is 201 Å². The van der Waals surface area contributed by atoms with E-state index < -0.39 is 22.4 Å². The molecule has 0 aromatic heterocycles. The summed E-state index contributed by atoms with van der Waals surface area (Å²) < 4.78 is 15.3. The summed E-state index contributed by atoms with van der Waals surface area (Å²) in [6, 6.07) is 43.7. The Morgan fingerprint density at radius 1 is 0.326 bits per heavy atom. The molecular weight excluding hydrogens is 560 g/mol. The lowest BCUT2D eigenvalue weighted by Crippen LogP contribution is -2.31. The topological polar surface area (TPSA) is 18.5 Å². The van der Waals surface area contributed by atoms with E-state index in [1.165, 1.54) is 68.5 Å². The number of rotatable bonds is 4. The predicted molar refractivity (Wildman–Crippen MR) is 182 cm³/mol. The zero-order valence-electron chi connectivity index (χ0n) is 25.9. The van der Waals surface area contributed by atoms with Gasteiger partial charge in [-0.15, -0.1) is 0 Å². The first kappa shape index (κ1) is 26.7. The summed E-state index contributed by atoms with van der Waals surface area (Å²) in [6.07, 6.45) is 16.3. The molecule has 4 atom stereocenters. The summed E-state index contributed by atoms with van der Waals surface area (Å²) in [5.74, 6) is 0. The van der Waals surface area contributed by atoms with Crippen LogP contribution in [0.5, 0.6) is 0 Å². The van der Waals surface area contributed by atoms with Crippen molar-refractivity contribution in [2.75, 3.05) is 0 Å². The number of fused-ring (bicyclic) bond motifs is 9. The van der Waals surface area contributed by atoms with Crippen LogP contribution in [0.3, 0.4) is 0 Å². The third kappa shape index (κ3) is 3.24. The van der Waals surface area contributed by atoms with Gasteiger partial charge in [-0.05, 0) is 83.4 Å². The zero-order valence-corrected chi connectivity index (χ0v) is 25.9. The van der Waals surface area contributed by atoms with Gasteiger partial charge in [0, 0.05) is 22.3 Å². The maximum atomic E-state index is 7.66. The minimum Gasteiger partial charge on any atom is -0.341 e. The van der Waals surface area contributed by atoms with E-state index in [1.54, 1.807) is 0 Å². The molecule has 1 aliphatic carbocycles. The Morgan fingerprint density at radius 3 is 0.848 bits per heavy atom. The molecule has 6 bridgehead atoms. The number of ether oxygens (including phenoxy) is 2. The quantitative estimate of drug-likeness (QED) is 0.192. The van der Waals surface area contributed by atoms with Gasteiger partial charge in [0.1, 0.15) is 22.4 Å². The molecule has 0 spiro atoms. The molecule has 4 heterocycles. The fourth-order valence-electron chi connectivity index (χ4n) is 9.54. The lowest BCUT2D eigenvalue weighted by atomic mass is 9.63. The van der Waals surface area contributed by atoms with Crippen molar-refractivity contribution in [1.29, 1.82) is 0 Å². The average Bonchev–Trinajstić information content (AvgIpc) is 3.89. The monoisotopic (exact) mass is 596 g/mol. The Morgan fingerprint density at radius 2 is 0.587 bits per heavy atom. The summed E-state index contributed by atoms with van der Waals surface area (Å²) in [5.41, 5.74) is 10.4. The van der Waals surface area contributed by atoms with E-state index in [1.807, 2.05) is 0 Å². The van der Waals surface area contributed by atoms with Crippen LogP contribution in [0, 0.1) is 0 Å². The fourth-order valence-corrected chi connectivity index (χ4v) is 9.54. The van der Waals surface area contributed by atoms with Gasteiger partial charge in [0.15, 0.2) is 0 Å². The molecule has 5 aromatic rings. The van der Waals surface area contributed by atoms with E-state index in [0.29, 0.717) is 0 Å². The first-order chi connectivity index (χ1) is 22.7. The lowest BCUT2D eigenvalue weighted by molar-refractivity contribution is -0.0284. The molecule has 0 radical (unpaired) electrons. The molecule has 4 aliphatic heterocycles. The van der Waals surface area contributed by atoms with E-state index in [4.69, 9.17) is 9.47 Å². The summed E-state index contributed by atoms with van der Waals surface area (Å²) in [5, 5.41) is 0. The molecule has 10 rings (SSSR count). The van der Waals surface area contributed by atoms with Crippen LogP contribution in [0.1, 0.15) is 81.3 Å². The molecule has 0 unspecified atom stereocenters. The minimum atomic E-state index is -0.673.